The van der Waals surface area contributed by atoms with Crippen molar-refractivity contribution < 1.29 is 42.5 Å². The first-order valence-electron chi connectivity index (χ1n) is 31.4. The molecule has 19 heteroatoms. The summed E-state index contributed by atoms with van der Waals surface area (Å²) in [4.78, 5) is 63.3. The van der Waals surface area contributed by atoms with Crippen molar-refractivity contribution in [2.45, 2.75) is 142 Å². The largest absolute Gasteiger partial charge is 0.468 e. The van der Waals surface area contributed by atoms with Gasteiger partial charge < -0.3 is 38.9 Å². The van der Waals surface area contributed by atoms with Crippen molar-refractivity contribution in [3.63, 3.8) is 0 Å². The second-order valence-electron chi connectivity index (χ2n) is 26.7. The fourth-order valence-electron chi connectivity index (χ4n) is 14.8. The Morgan fingerprint density at radius 2 is 1.57 bits per heavy atom. The zero-order valence-corrected chi connectivity index (χ0v) is 53.3. The van der Waals surface area contributed by atoms with E-state index in [9.17, 15) is 19.5 Å². The van der Waals surface area contributed by atoms with Crippen LogP contribution >= 0.6 is 0 Å². The highest BCUT2D eigenvalue weighted by molar-refractivity contribution is 6.90. The van der Waals surface area contributed by atoms with Gasteiger partial charge in [0, 0.05) is 120 Å². The van der Waals surface area contributed by atoms with Gasteiger partial charge in [-0.2, -0.15) is 9.97 Å². The molecule has 16 nitrogen and oxygen atoms in total. The van der Waals surface area contributed by atoms with Crippen LogP contribution in [0, 0.1) is 47.3 Å². The lowest BCUT2D eigenvalue weighted by Gasteiger charge is -2.47. The first-order valence-corrected chi connectivity index (χ1v) is 33.6. The number of methoxy groups -OCH3 is 1. The van der Waals surface area contributed by atoms with E-state index in [0.29, 0.717) is 99.6 Å². The first kappa shape index (κ1) is 62.7. The number of likely N-dealkylation sites (tertiary alicyclic amines) is 1. The van der Waals surface area contributed by atoms with Crippen LogP contribution in [-0.2, 0) is 9.53 Å². The number of fused-ring (bicyclic) bond motifs is 2. The summed E-state index contributed by atoms with van der Waals surface area (Å²) in [5.41, 5.74) is 6.45. The zero-order valence-electron chi connectivity index (χ0n) is 52.3. The van der Waals surface area contributed by atoms with Gasteiger partial charge in [0.2, 0.25) is 5.91 Å². The molecule has 2 aromatic heterocycles. The quantitative estimate of drug-likeness (QED) is 0.0514. The molecule has 0 unspecified atom stereocenters. The van der Waals surface area contributed by atoms with E-state index in [0.717, 1.165) is 70.8 Å². The van der Waals surface area contributed by atoms with Gasteiger partial charge in [-0.15, -0.1) is 5.54 Å². The molecule has 4 aliphatic heterocycles. The molecule has 5 fully saturated rings. The van der Waals surface area contributed by atoms with Crippen molar-refractivity contribution in [3.05, 3.63) is 77.0 Å². The normalized spacial score (nSPS) is 20.5. The minimum atomic E-state index is -2.33. The number of hydrogen-bond acceptors (Lipinski definition) is 13. The predicted octanol–water partition coefficient (Wildman–Crippen LogP) is 11.5. The number of benzene rings is 3. The van der Waals surface area contributed by atoms with E-state index in [-0.39, 0.29) is 65.7 Å². The molecule has 1 saturated carbocycles. The van der Waals surface area contributed by atoms with E-state index >= 15 is 8.78 Å². The summed E-state index contributed by atoms with van der Waals surface area (Å²) >= 11 is 0. The van der Waals surface area contributed by atoms with Gasteiger partial charge in [-0.1, -0.05) is 66.5 Å². The van der Waals surface area contributed by atoms with Crippen molar-refractivity contribution in [2.24, 2.45) is 17.3 Å². The fraction of sp³-hybridized carbons (Fsp3) is 0.582. The molecule has 3 aromatic carbocycles. The van der Waals surface area contributed by atoms with Crippen molar-refractivity contribution in [3.8, 4) is 34.5 Å². The SMILES string of the molecule is COCOc1cc(-c2ncc3c(N4CCC[C@@](C)(O)C4)nc(OC[C@H](C)CN4CCN(CC5CCC6(CC5)CCN(C(=O)c5ccc(C)c(N7CCC(=O)NC7=O)c5)CC6)CC4)nc3c2F)c2c(C#C[Si](C(C)C)(C(C)C)C(C)C)c(F)ccc2c1. The van der Waals surface area contributed by atoms with E-state index in [1.54, 1.807) is 42.3 Å². The summed E-state index contributed by atoms with van der Waals surface area (Å²) in [5.74, 6) is 3.41. The van der Waals surface area contributed by atoms with Gasteiger partial charge in [0.1, 0.15) is 36.7 Å². The number of rotatable bonds is 17. The van der Waals surface area contributed by atoms with E-state index in [1.807, 2.05) is 28.9 Å². The number of nitrogens with zero attached hydrogens (tertiary/aromatic N) is 8. The van der Waals surface area contributed by atoms with Gasteiger partial charge >= 0.3 is 12.0 Å². The van der Waals surface area contributed by atoms with Gasteiger partial charge in [0.05, 0.1) is 23.2 Å². The summed E-state index contributed by atoms with van der Waals surface area (Å²) < 4.78 is 52.0. The molecular formula is C67H89F2N9O7Si. The van der Waals surface area contributed by atoms with E-state index in [2.05, 4.69) is 75.0 Å². The number of hydrogen-bond donors (Lipinski definition) is 2. The highest BCUT2D eigenvalue weighted by Crippen LogP contribution is 2.48. The maximum absolute atomic E-state index is 17.9. The summed E-state index contributed by atoms with van der Waals surface area (Å²) in [7, 11) is -0.806. The van der Waals surface area contributed by atoms with Gasteiger partial charge in [0.15, 0.2) is 12.6 Å². The van der Waals surface area contributed by atoms with E-state index in [1.165, 1.54) is 38.9 Å². The van der Waals surface area contributed by atoms with Gasteiger partial charge in [-0.25, -0.2) is 13.6 Å². The summed E-state index contributed by atoms with van der Waals surface area (Å²) in [6, 6.07) is 11.6. The van der Waals surface area contributed by atoms with Crippen LogP contribution in [0.15, 0.2) is 48.7 Å². The van der Waals surface area contributed by atoms with Gasteiger partial charge in [-0.05, 0) is 134 Å². The Balaban J connectivity index is 0.792. The van der Waals surface area contributed by atoms with E-state index in [4.69, 9.17) is 29.2 Å². The molecule has 5 aromatic rings. The molecule has 10 rings (SSSR count). The first-order chi connectivity index (χ1) is 41.1. The lowest BCUT2D eigenvalue weighted by atomic mass is 9.65. The highest BCUT2D eigenvalue weighted by Gasteiger charge is 2.43. The molecule has 462 valence electrons. The maximum atomic E-state index is 17.9. The predicted molar refractivity (Wildman–Crippen MR) is 336 cm³/mol. The Labute approximate surface area is 507 Å². The van der Waals surface area contributed by atoms with Crippen molar-refractivity contribution in [1.82, 2.24) is 35.0 Å². The third-order valence-electron chi connectivity index (χ3n) is 19.7. The number of piperidine rings is 2. The fourth-order valence-corrected chi connectivity index (χ4v) is 20.1. The standard InChI is InChI=1S/C67H89F2N9O7Si/c1-43(2)86(44(3)4,45(5)6)33-19-52-55(68)15-14-49-34-51(85-42-83-10)36-53(58(49)52)60-59(69)61-54(37-70-60)62(77-25-11-20-66(9,82)41-77)73-64(72-61)84-40-46(7)38-74-29-31-75(32-30-74)39-48-16-21-67(22-17-48)23-27-76(28-24-67)63(80)50-13-12-47(8)56(35-50)78-26-18-57(79)71-65(78)81/h12-15,34-37,43-46,48,82H,11,16-18,20-32,38-42H2,1-10H3,(H,71,79,81)/t46-,66-/m1/s1. The number of halogens is 2. The monoisotopic (exact) mass is 1200 g/mol. The van der Waals surface area contributed by atoms with E-state index < -0.39 is 31.3 Å². The number of aliphatic hydroxyl groups is 1. The number of carbonyl (C=O) groups excluding carboxylic acids is 3. The molecule has 4 saturated heterocycles. The summed E-state index contributed by atoms with van der Waals surface area (Å²) in [6.45, 7) is 27.8. The number of piperazine rings is 1. The van der Waals surface area contributed by atoms with Crippen LogP contribution in [0.25, 0.3) is 32.9 Å². The van der Waals surface area contributed by atoms with Crippen LogP contribution in [0.5, 0.6) is 11.8 Å². The molecule has 2 atom stereocenters. The van der Waals surface area contributed by atoms with Crippen molar-refractivity contribution in [2.75, 3.05) is 102 Å². The Kier molecular flexibility index (Phi) is 19.1. The summed E-state index contributed by atoms with van der Waals surface area (Å²) in [5, 5.41) is 15.1. The molecule has 5 aliphatic rings. The number of amides is 4. The van der Waals surface area contributed by atoms with Crippen molar-refractivity contribution in [1.29, 1.82) is 0 Å². The van der Waals surface area contributed by atoms with Crippen LogP contribution < -0.4 is 24.6 Å². The average molecular weight is 1200 g/mol. The molecule has 4 amide bonds. The van der Waals surface area contributed by atoms with Crippen LogP contribution in [0.3, 0.4) is 0 Å². The van der Waals surface area contributed by atoms with Crippen LogP contribution in [-0.4, -0.2) is 159 Å². The van der Waals surface area contributed by atoms with Gasteiger partial charge in [0.25, 0.3) is 5.91 Å². The number of imide groups is 1. The number of pyridine rings is 1. The zero-order chi connectivity index (χ0) is 61.2. The number of β-amino-alcohol motifs (C(OH)–C–C–N with tert-alkyl or cyclic N) is 1. The minimum absolute atomic E-state index is 0.00236. The number of carbonyl (C=O) groups is 3. The topological polar surface area (TPSA) is 166 Å². The number of anilines is 2. The molecule has 0 bridgehead atoms. The minimum Gasteiger partial charge on any atom is -0.468 e. The third kappa shape index (κ3) is 13.4. The number of aryl methyl sites for hydroxylation is 1. The second-order valence-corrected chi connectivity index (χ2v) is 32.3. The number of nitrogens with one attached hydrogen (secondary N) is 1. The second kappa shape index (κ2) is 26.2. The maximum Gasteiger partial charge on any atom is 0.328 e. The lowest BCUT2D eigenvalue weighted by Crippen LogP contribution is -2.50. The highest BCUT2D eigenvalue weighted by atomic mass is 28.3. The number of aromatic nitrogens is 3. The number of ether oxygens (including phenoxy) is 3. The van der Waals surface area contributed by atoms with Crippen LogP contribution in [0.1, 0.15) is 135 Å². The lowest BCUT2D eigenvalue weighted by molar-refractivity contribution is -0.120. The third-order valence-corrected chi connectivity index (χ3v) is 25.9. The van der Waals surface area contributed by atoms with Crippen LogP contribution in [0.4, 0.5) is 25.1 Å². The Hall–Kier alpha value is -6.30. The van der Waals surface area contributed by atoms with Crippen LogP contribution in [0.2, 0.25) is 16.6 Å². The number of urea groups is 1. The molecule has 86 heavy (non-hydrogen) atoms. The molecule has 6 heterocycles. The smallest absolute Gasteiger partial charge is 0.328 e. The molecule has 2 N–H and O–H groups in total. The van der Waals surface area contributed by atoms with Gasteiger partial charge in [-0.3, -0.25) is 24.8 Å². The average Bonchev–Trinajstić information content (AvgIpc) is 0.880. The Morgan fingerprint density at radius 1 is 0.860 bits per heavy atom. The molecular weight excluding hydrogens is 1110 g/mol. The molecule has 1 spiro atoms. The van der Waals surface area contributed by atoms with Crippen molar-refractivity contribution >= 4 is 59.1 Å². The molecule has 1 aliphatic carbocycles. The molecule has 0 radical (unpaired) electrons. The Bertz CT molecular complexity index is 3360. The summed E-state index contributed by atoms with van der Waals surface area (Å²) in [6.07, 6.45) is 9.90. The Morgan fingerprint density at radius 3 is 2.24 bits per heavy atom.